The fourth-order valence-electron chi connectivity index (χ4n) is 3.89. The van der Waals surface area contributed by atoms with Gasteiger partial charge in [0.05, 0.1) is 25.2 Å². The van der Waals surface area contributed by atoms with E-state index in [0.29, 0.717) is 5.75 Å². The summed E-state index contributed by atoms with van der Waals surface area (Å²) in [4.78, 5) is 25.0. The number of imide groups is 1. The fourth-order valence-corrected chi connectivity index (χ4v) is 3.89. The Morgan fingerprint density at radius 1 is 1.14 bits per heavy atom. The van der Waals surface area contributed by atoms with E-state index in [1.165, 1.54) is 6.21 Å². The van der Waals surface area contributed by atoms with Gasteiger partial charge >= 0.3 is 0 Å². The first-order chi connectivity index (χ1) is 10.7. The molecule has 4 atom stereocenters. The highest BCUT2D eigenvalue weighted by Gasteiger charge is 2.59. The van der Waals surface area contributed by atoms with Crippen LogP contribution >= 0.6 is 0 Å². The topological polar surface area (TPSA) is 59.0 Å². The maximum Gasteiger partial charge on any atom is 0.254 e. The Morgan fingerprint density at radius 3 is 2.41 bits per heavy atom. The summed E-state index contributed by atoms with van der Waals surface area (Å²) in [5, 5.41) is 5.19. The minimum atomic E-state index is -0.211. The van der Waals surface area contributed by atoms with E-state index in [1.807, 2.05) is 24.3 Å². The molecule has 0 unspecified atom stereocenters. The third-order valence-electron chi connectivity index (χ3n) is 4.90. The van der Waals surface area contributed by atoms with Crippen molar-refractivity contribution >= 4 is 18.0 Å². The van der Waals surface area contributed by atoms with Gasteiger partial charge in [-0.15, -0.1) is 0 Å². The molecule has 1 aliphatic heterocycles. The number of hydrogen-bond acceptors (Lipinski definition) is 4. The minimum Gasteiger partial charge on any atom is -0.496 e. The van der Waals surface area contributed by atoms with Crippen LogP contribution in [0.3, 0.4) is 0 Å². The third-order valence-corrected chi connectivity index (χ3v) is 4.90. The van der Waals surface area contributed by atoms with Crippen molar-refractivity contribution in [2.24, 2.45) is 28.8 Å². The Morgan fingerprint density at radius 2 is 1.77 bits per heavy atom. The lowest BCUT2D eigenvalue weighted by Crippen LogP contribution is -2.28. The SMILES string of the molecule is COc1ccccc1/C=N\N1C(=O)[C@@H]2[C@@H](C1=O)[C@H]1C=C[C@@H]2C1. The molecule has 0 N–H and O–H groups in total. The average Bonchev–Trinajstić information content (AvgIpc) is 3.21. The van der Waals surface area contributed by atoms with Crippen LogP contribution in [0.4, 0.5) is 0 Å². The summed E-state index contributed by atoms with van der Waals surface area (Å²) < 4.78 is 5.24. The molecule has 2 amide bonds. The van der Waals surface area contributed by atoms with Gasteiger partial charge in [0.25, 0.3) is 11.8 Å². The molecule has 0 spiro atoms. The molecule has 0 radical (unpaired) electrons. The van der Waals surface area contributed by atoms with E-state index < -0.39 is 0 Å². The van der Waals surface area contributed by atoms with Crippen LogP contribution in [-0.4, -0.2) is 30.1 Å². The Labute approximate surface area is 128 Å². The summed E-state index contributed by atoms with van der Waals surface area (Å²) in [6.45, 7) is 0. The fraction of sp³-hybridized carbons (Fsp3) is 0.353. The monoisotopic (exact) mass is 296 g/mol. The Kier molecular flexibility index (Phi) is 2.89. The number of nitrogens with zero attached hydrogens (tertiary/aromatic N) is 2. The van der Waals surface area contributed by atoms with Gasteiger partial charge in [0.1, 0.15) is 5.75 Å². The molecule has 112 valence electrons. The average molecular weight is 296 g/mol. The van der Waals surface area contributed by atoms with Crippen molar-refractivity contribution in [2.45, 2.75) is 6.42 Å². The number of fused-ring (bicyclic) bond motifs is 5. The van der Waals surface area contributed by atoms with Gasteiger partial charge in [-0.05, 0) is 30.4 Å². The standard InChI is InChI=1S/C17H16N2O3/c1-22-13-5-3-2-4-12(13)9-18-19-16(20)14-10-6-7-11(8-10)15(14)17(19)21/h2-7,9-11,14-15H,8H2,1H3/b18-9-/t10-,11+,14-,15-/m0/s1. The number of carbonyl (C=O) groups is 2. The molecular formula is C17H16N2O3. The van der Waals surface area contributed by atoms with E-state index in [2.05, 4.69) is 17.3 Å². The number of amides is 2. The van der Waals surface area contributed by atoms with Crippen LogP contribution in [-0.2, 0) is 9.59 Å². The van der Waals surface area contributed by atoms with Gasteiger partial charge in [-0.3, -0.25) is 9.59 Å². The first kappa shape index (κ1) is 13.2. The number of ether oxygens (including phenoxy) is 1. The maximum atomic E-state index is 12.5. The van der Waals surface area contributed by atoms with Crippen LogP contribution in [0.25, 0.3) is 0 Å². The summed E-state index contributed by atoms with van der Waals surface area (Å²) in [7, 11) is 1.58. The molecule has 1 heterocycles. The zero-order valence-electron chi connectivity index (χ0n) is 12.2. The molecule has 0 aromatic heterocycles. The summed E-state index contributed by atoms with van der Waals surface area (Å²) in [5.41, 5.74) is 0.740. The summed E-state index contributed by atoms with van der Waals surface area (Å²) >= 11 is 0. The molecule has 22 heavy (non-hydrogen) atoms. The van der Waals surface area contributed by atoms with E-state index in [1.54, 1.807) is 7.11 Å². The van der Waals surface area contributed by atoms with E-state index in [9.17, 15) is 9.59 Å². The van der Waals surface area contributed by atoms with Gasteiger partial charge in [-0.1, -0.05) is 24.3 Å². The van der Waals surface area contributed by atoms with E-state index in [4.69, 9.17) is 4.74 Å². The zero-order chi connectivity index (χ0) is 15.3. The molecule has 5 nitrogen and oxygen atoms in total. The Hall–Kier alpha value is -2.43. The molecule has 1 aromatic rings. The molecule has 1 saturated carbocycles. The summed E-state index contributed by atoms with van der Waals surface area (Å²) in [5.74, 6) is 0.314. The zero-order valence-corrected chi connectivity index (χ0v) is 12.2. The quantitative estimate of drug-likeness (QED) is 0.486. The second-order valence-electron chi connectivity index (χ2n) is 5.97. The van der Waals surface area contributed by atoms with Crippen LogP contribution in [0, 0.1) is 23.7 Å². The van der Waals surface area contributed by atoms with Gasteiger partial charge in [0, 0.05) is 5.56 Å². The van der Waals surface area contributed by atoms with Gasteiger partial charge in [0.15, 0.2) is 0 Å². The number of methoxy groups -OCH3 is 1. The van der Waals surface area contributed by atoms with Crippen LogP contribution in [0.5, 0.6) is 5.75 Å². The minimum absolute atomic E-state index is 0.169. The first-order valence-electron chi connectivity index (χ1n) is 7.44. The molecule has 1 saturated heterocycles. The molecule has 1 aromatic carbocycles. The molecule has 3 aliphatic rings. The lowest BCUT2D eigenvalue weighted by molar-refractivity contribution is -0.140. The highest BCUT2D eigenvalue weighted by Crippen LogP contribution is 2.52. The van der Waals surface area contributed by atoms with E-state index >= 15 is 0 Å². The van der Waals surface area contributed by atoms with Crippen LogP contribution in [0.2, 0.25) is 0 Å². The number of rotatable bonds is 3. The molecule has 2 fully saturated rings. The Bertz CT molecular complexity index is 680. The second-order valence-corrected chi connectivity index (χ2v) is 5.97. The molecular weight excluding hydrogens is 280 g/mol. The van der Waals surface area contributed by atoms with Crippen molar-refractivity contribution in [3.8, 4) is 5.75 Å². The highest BCUT2D eigenvalue weighted by atomic mass is 16.5. The van der Waals surface area contributed by atoms with Crippen LogP contribution < -0.4 is 4.74 Å². The number of para-hydroxylation sites is 1. The number of benzene rings is 1. The van der Waals surface area contributed by atoms with E-state index in [0.717, 1.165) is 17.0 Å². The van der Waals surface area contributed by atoms with Gasteiger partial charge in [-0.25, -0.2) is 0 Å². The van der Waals surface area contributed by atoms with Gasteiger partial charge in [0.2, 0.25) is 0 Å². The van der Waals surface area contributed by atoms with Gasteiger partial charge in [-0.2, -0.15) is 10.1 Å². The Balaban J connectivity index is 1.61. The molecule has 2 aliphatic carbocycles. The summed E-state index contributed by atoms with van der Waals surface area (Å²) in [6, 6.07) is 7.36. The molecule has 4 rings (SSSR count). The van der Waals surface area contributed by atoms with Crippen LogP contribution in [0.15, 0.2) is 41.5 Å². The van der Waals surface area contributed by atoms with Crippen molar-refractivity contribution < 1.29 is 14.3 Å². The van der Waals surface area contributed by atoms with Gasteiger partial charge < -0.3 is 4.74 Å². The van der Waals surface area contributed by atoms with E-state index in [-0.39, 0.29) is 35.5 Å². The normalized spacial score (nSPS) is 32.3. The largest absolute Gasteiger partial charge is 0.496 e. The van der Waals surface area contributed by atoms with Crippen molar-refractivity contribution in [1.29, 1.82) is 0 Å². The lowest BCUT2D eigenvalue weighted by atomic mass is 9.85. The molecule has 5 heteroatoms. The predicted molar refractivity (Wildman–Crippen MR) is 80.2 cm³/mol. The number of carbonyl (C=O) groups excluding carboxylic acids is 2. The van der Waals surface area contributed by atoms with Crippen molar-refractivity contribution in [3.05, 3.63) is 42.0 Å². The first-order valence-corrected chi connectivity index (χ1v) is 7.44. The highest BCUT2D eigenvalue weighted by molar-refractivity contribution is 6.06. The second kappa shape index (κ2) is 4.80. The summed E-state index contributed by atoms with van der Waals surface area (Å²) in [6.07, 6.45) is 6.59. The van der Waals surface area contributed by atoms with Crippen molar-refractivity contribution in [3.63, 3.8) is 0 Å². The van der Waals surface area contributed by atoms with Crippen molar-refractivity contribution in [1.82, 2.24) is 5.01 Å². The molecule has 2 bridgehead atoms. The lowest BCUT2D eigenvalue weighted by Gasteiger charge is -2.13. The third kappa shape index (κ3) is 1.75. The maximum absolute atomic E-state index is 12.5. The number of hydrazone groups is 1. The number of hydrogen-bond donors (Lipinski definition) is 0. The van der Waals surface area contributed by atoms with Crippen LogP contribution in [0.1, 0.15) is 12.0 Å². The van der Waals surface area contributed by atoms with Crippen molar-refractivity contribution in [2.75, 3.05) is 7.11 Å². The number of allylic oxidation sites excluding steroid dienone is 2. The predicted octanol–water partition coefficient (Wildman–Crippen LogP) is 1.84. The smallest absolute Gasteiger partial charge is 0.254 e.